The molecule has 0 atom stereocenters. The second-order valence-electron chi connectivity index (χ2n) is 4.45. The number of ether oxygens (including phenoxy) is 1. The van der Waals surface area contributed by atoms with Crippen molar-refractivity contribution in [2.24, 2.45) is 0 Å². The van der Waals surface area contributed by atoms with Gasteiger partial charge in [0.15, 0.2) is 0 Å². The highest BCUT2D eigenvalue weighted by Gasteiger charge is 2.08. The first kappa shape index (κ1) is 14.6. The van der Waals surface area contributed by atoms with Gasteiger partial charge in [-0.3, -0.25) is 4.57 Å². The molecule has 6 heteroatoms. The minimum absolute atomic E-state index is 0.260. The zero-order chi connectivity index (χ0) is 14.7. The number of hydrogen-bond donors (Lipinski definition) is 1. The molecule has 2 rings (SSSR count). The summed E-state index contributed by atoms with van der Waals surface area (Å²) in [4.78, 5) is 15.8. The normalized spacial score (nSPS) is 10.6. The topological polar surface area (TPSA) is 70.1 Å². The maximum Gasteiger partial charge on any atom is 0.348 e. The smallest absolute Gasteiger partial charge is 0.348 e. The van der Waals surface area contributed by atoms with Crippen LogP contribution in [0, 0.1) is 13.8 Å². The minimum atomic E-state index is -0.260. The summed E-state index contributed by atoms with van der Waals surface area (Å²) in [6, 6.07) is 7.15. The largest absolute Gasteiger partial charge is 0.492 e. The van der Waals surface area contributed by atoms with Crippen LogP contribution in [0.4, 0.5) is 5.69 Å². The zero-order valence-corrected chi connectivity index (χ0v) is 13.0. The molecule has 106 valence electrons. The molecule has 0 radical (unpaired) electrons. The van der Waals surface area contributed by atoms with Gasteiger partial charge < -0.3 is 10.5 Å². The molecule has 0 amide bonds. The number of nitrogen functional groups attached to an aromatic ring is 1. The zero-order valence-electron chi connectivity index (χ0n) is 11.4. The van der Waals surface area contributed by atoms with Crippen LogP contribution in [-0.4, -0.2) is 16.2 Å². The van der Waals surface area contributed by atoms with Crippen molar-refractivity contribution in [3.63, 3.8) is 0 Å². The van der Waals surface area contributed by atoms with E-state index in [2.05, 4.69) is 20.9 Å². The van der Waals surface area contributed by atoms with Crippen molar-refractivity contribution in [1.29, 1.82) is 0 Å². The van der Waals surface area contributed by atoms with Gasteiger partial charge in [-0.2, -0.15) is 4.98 Å². The SMILES string of the molecule is Cc1nc(=O)n(CCOc2ccc(N)cc2)c(C)c1Br. The molecular formula is C14H16BrN3O2. The highest BCUT2D eigenvalue weighted by Crippen LogP contribution is 2.17. The fourth-order valence-electron chi connectivity index (χ4n) is 1.86. The molecule has 0 aliphatic heterocycles. The molecule has 1 heterocycles. The third-order valence-corrected chi connectivity index (χ3v) is 4.15. The van der Waals surface area contributed by atoms with Crippen LogP contribution in [0.2, 0.25) is 0 Å². The lowest BCUT2D eigenvalue weighted by Crippen LogP contribution is -2.28. The van der Waals surface area contributed by atoms with Crippen molar-refractivity contribution < 1.29 is 4.74 Å². The second-order valence-corrected chi connectivity index (χ2v) is 5.24. The van der Waals surface area contributed by atoms with Gasteiger partial charge in [0.2, 0.25) is 0 Å². The Bertz CT molecular complexity index is 665. The number of halogens is 1. The van der Waals surface area contributed by atoms with Crippen LogP contribution in [0.25, 0.3) is 0 Å². The molecule has 1 aromatic carbocycles. The van der Waals surface area contributed by atoms with Crippen LogP contribution >= 0.6 is 15.9 Å². The summed E-state index contributed by atoms with van der Waals surface area (Å²) in [6.07, 6.45) is 0. The highest BCUT2D eigenvalue weighted by molar-refractivity contribution is 9.10. The van der Waals surface area contributed by atoms with E-state index in [9.17, 15) is 4.79 Å². The number of nitrogens with zero attached hydrogens (tertiary/aromatic N) is 2. The molecule has 0 aliphatic rings. The maximum absolute atomic E-state index is 11.9. The number of rotatable bonds is 4. The first-order valence-electron chi connectivity index (χ1n) is 6.21. The molecule has 20 heavy (non-hydrogen) atoms. The third-order valence-electron chi connectivity index (χ3n) is 3.00. The average molecular weight is 338 g/mol. The fraction of sp³-hybridized carbons (Fsp3) is 0.286. The molecular weight excluding hydrogens is 322 g/mol. The van der Waals surface area contributed by atoms with Crippen LogP contribution in [-0.2, 0) is 6.54 Å². The van der Waals surface area contributed by atoms with E-state index in [1.807, 2.05) is 6.92 Å². The fourth-order valence-corrected chi connectivity index (χ4v) is 2.16. The molecule has 0 saturated heterocycles. The Hall–Kier alpha value is -1.82. The molecule has 0 aliphatic carbocycles. The van der Waals surface area contributed by atoms with E-state index in [1.165, 1.54) is 0 Å². The lowest BCUT2D eigenvalue weighted by molar-refractivity contribution is 0.293. The Balaban J connectivity index is 2.06. The highest BCUT2D eigenvalue weighted by atomic mass is 79.9. The number of benzene rings is 1. The molecule has 5 nitrogen and oxygen atoms in total. The average Bonchev–Trinajstić information content (AvgIpc) is 2.42. The molecule has 0 unspecified atom stereocenters. The summed E-state index contributed by atoms with van der Waals surface area (Å²) in [5.41, 5.74) is 7.58. The summed E-state index contributed by atoms with van der Waals surface area (Å²) in [7, 11) is 0. The molecule has 0 spiro atoms. The Labute approximate surface area is 125 Å². The number of hydrogen-bond acceptors (Lipinski definition) is 4. The van der Waals surface area contributed by atoms with Crippen molar-refractivity contribution in [3.05, 3.63) is 50.6 Å². The van der Waals surface area contributed by atoms with E-state index in [0.29, 0.717) is 24.5 Å². The Kier molecular flexibility index (Phi) is 4.44. The Morgan fingerprint density at radius 1 is 1.30 bits per heavy atom. The third kappa shape index (κ3) is 3.19. The van der Waals surface area contributed by atoms with Gasteiger partial charge in [0.25, 0.3) is 0 Å². The number of aryl methyl sites for hydroxylation is 1. The number of anilines is 1. The standard InChI is InChI=1S/C14H16BrN3O2/c1-9-13(15)10(2)18(14(19)17-9)7-8-20-12-5-3-11(16)4-6-12/h3-6H,7-8,16H2,1-2H3. The molecule has 0 saturated carbocycles. The number of nitrogens with two attached hydrogens (primary N) is 1. The van der Waals surface area contributed by atoms with E-state index < -0.39 is 0 Å². The van der Waals surface area contributed by atoms with Crippen LogP contribution in [0.1, 0.15) is 11.4 Å². The van der Waals surface area contributed by atoms with Gasteiger partial charge in [-0.1, -0.05) is 0 Å². The second kappa shape index (κ2) is 6.09. The first-order chi connectivity index (χ1) is 9.49. The minimum Gasteiger partial charge on any atom is -0.492 e. The molecule has 2 aromatic rings. The van der Waals surface area contributed by atoms with E-state index in [0.717, 1.165) is 15.9 Å². The summed E-state index contributed by atoms with van der Waals surface area (Å²) < 4.78 is 8.03. The summed E-state index contributed by atoms with van der Waals surface area (Å²) in [5, 5.41) is 0. The van der Waals surface area contributed by atoms with Crippen molar-refractivity contribution in [2.45, 2.75) is 20.4 Å². The van der Waals surface area contributed by atoms with Crippen LogP contribution in [0.5, 0.6) is 5.75 Å². The van der Waals surface area contributed by atoms with Gasteiger partial charge in [-0.05, 0) is 54.0 Å². The van der Waals surface area contributed by atoms with Gasteiger partial charge in [0.1, 0.15) is 12.4 Å². The molecule has 2 N–H and O–H groups in total. The van der Waals surface area contributed by atoms with E-state index in [4.69, 9.17) is 10.5 Å². The predicted octanol–water partition coefficient (Wildman–Crippen LogP) is 2.28. The Morgan fingerprint density at radius 2 is 1.95 bits per heavy atom. The van der Waals surface area contributed by atoms with Crippen molar-refractivity contribution in [1.82, 2.24) is 9.55 Å². The summed E-state index contributed by atoms with van der Waals surface area (Å²) in [6.45, 7) is 4.51. The van der Waals surface area contributed by atoms with Crippen molar-refractivity contribution >= 4 is 21.6 Å². The lowest BCUT2D eigenvalue weighted by atomic mass is 10.3. The quantitative estimate of drug-likeness (QED) is 0.869. The summed E-state index contributed by atoms with van der Waals surface area (Å²) in [5.74, 6) is 0.726. The summed E-state index contributed by atoms with van der Waals surface area (Å²) >= 11 is 3.43. The van der Waals surface area contributed by atoms with Crippen LogP contribution in [0.15, 0.2) is 33.5 Å². The first-order valence-corrected chi connectivity index (χ1v) is 7.00. The van der Waals surface area contributed by atoms with Gasteiger partial charge in [0, 0.05) is 11.4 Å². The van der Waals surface area contributed by atoms with Crippen molar-refractivity contribution in [3.8, 4) is 5.75 Å². The molecule has 0 bridgehead atoms. The van der Waals surface area contributed by atoms with Crippen LogP contribution < -0.4 is 16.2 Å². The number of aromatic nitrogens is 2. The van der Waals surface area contributed by atoms with Crippen LogP contribution in [0.3, 0.4) is 0 Å². The maximum atomic E-state index is 11.9. The van der Waals surface area contributed by atoms with Gasteiger partial charge >= 0.3 is 5.69 Å². The van der Waals surface area contributed by atoms with Gasteiger partial charge in [-0.25, -0.2) is 4.79 Å². The van der Waals surface area contributed by atoms with Gasteiger partial charge in [0.05, 0.1) is 16.7 Å². The molecule has 0 fully saturated rings. The van der Waals surface area contributed by atoms with Crippen molar-refractivity contribution in [2.75, 3.05) is 12.3 Å². The van der Waals surface area contributed by atoms with E-state index in [-0.39, 0.29) is 5.69 Å². The monoisotopic (exact) mass is 337 g/mol. The van der Waals surface area contributed by atoms with E-state index >= 15 is 0 Å². The van der Waals surface area contributed by atoms with E-state index in [1.54, 1.807) is 35.8 Å². The predicted molar refractivity (Wildman–Crippen MR) is 82.0 cm³/mol. The molecule has 1 aromatic heterocycles. The van der Waals surface area contributed by atoms with Gasteiger partial charge in [-0.15, -0.1) is 0 Å². The lowest BCUT2D eigenvalue weighted by Gasteiger charge is -2.12. The Morgan fingerprint density at radius 3 is 2.60 bits per heavy atom.